The van der Waals surface area contributed by atoms with E-state index in [0.717, 1.165) is 0 Å². The summed E-state index contributed by atoms with van der Waals surface area (Å²) in [5.74, 6) is 0.592. The van der Waals surface area contributed by atoms with Crippen LogP contribution >= 0.6 is 11.6 Å². The van der Waals surface area contributed by atoms with Crippen LogP contribution in [0.15, 0.2) is 29.2 Å². The Hall–Kier alpha value is -0.580. The van der Waals surface area contributed by atoms with Gasteiger partial charge in [0.15, 0.2) is 9.84 Å². The zero-order valence-corrected chi connectivity index (χ0v) is 12.6. The van der Waals surface area contributed by atoms with Crippen LogP contribution in [0.5, 0.6) is 0 Å². The second-order valence-corrected chi connectivity index (χ2v) is 7.31. The molecule has 0 radical (unpaired) electrons. The Balaban J connectivity index is 2.58. The summed E-state index contributed by atoms with van der Waals surface area (Å²) in [6.07, 6.45) is 0. The molecule has 0 aliphatic carbocycles. The van der Waals surface area contributed by atoms with Crippen LogP contribution in [-0.2, 0) is 9.84 Å². The molecule has 1 aromatic rings. The van der Waals surface area contributed by atoms with Gasteiger partial charge in [0, 0.05) is 17.6 Å². The molecule has 1 N–H and O–H groups in total. The van der Waals surface area contributed by atoms with Gasteiger partial charge in [-0.25, -0.2) is 8.42 Å². The normalized spacial score (nSPS) is 13.8. The fraction of sp³-hybridized carbons (Fsp3) is 0.538. The SMILES string of the molecule is CC(C)C(C)NCCS(=O)(=O)c1ccc(Cl)cc1. The molecule has 1 atom stereocenters. The van der Waals surface area contributed by atoms with Gasteiger partial charge in [-0.3, -0.25) is 0 Å². The molecule has 5 heteroatoms. The van der Waals surface area contributed by atoms with Crippen LogP contribution in [-0.4, -0.2) is 26.8 Å². The molecule has 1 aromatic carbocycles. The predicted octanol–water partition coefficient (Wildman–Crippen LogP) is 2.75. The lowest BCUT2D eigenvalue weighted by atomic mass is 10.1. The third kappa shape index (κ3) is 4.59. The Morgan fingerprint density at radius 1 is 1.17 bits per heavy atom. The van der Waals surface area contributed by atoms with Crippen molar-refractivity contribution < 1.29 is 8.42 Å². The van der Waals surface area contributed by atoms with Gasteiger partial charge in [0.2, 0.25) is 0 Å². The minimum atomic E-state index is -3.22. The monoisotopic (exact) mass is 289 g/mol. The third-order valence-electron chi connectivity index (χ3n) is 3.01. The number of hydrogen-bond acceptors (Lipinski definition) is 3. The Kier molecular flexibility index (Phi) is 5.63. The highest BCUT2D eigenvalue weighted by molar-refractivity contribution is 7.91. The van der Waals surface area contributed by atoms with Crippen LogP contribution in [0, 0.1) is 5.92 Å². The van der Waals surface area contributed by atoms with Crippen LogP contribution < -0.4 is 5.32 Å². The maximum Gasteiger partial charge on any atom is 0.179 e. The van der Waals surface area contributed by atoms with Gasteiger partial charge in [-0.1, -0.05) is 25.4 Å². The van der Waals surface area contributed by atoms with Gasteiger partial charge in [-0.05, 0) is 37.1 Å². The van der Waals surface area contributed by atoms with Gasteiger partial charge >= 0.3 is 0 Å². The van der Waals surface area contributed by atoms with Crippen LogP contribution in [0.2, 0.25) is 5.02 Å². The first-order chi connectivity index (χ1) is 8.33. The average Bonchev–Trinajstić information content (AvgIpc) is 2.29. The van der Waals surface area contributed by atoms with E-state index >= 15 is 0 Å². The summed E-state index contributed by atoms with van der Waals surface area (Å²) in [5.41, 5.74) is 0. The highest BCUT2D eigenvalue weighted by Crippen LogP contribution is 2.15. The largest absolute Gasteiger partial charge is 0.313 e. The van der Waals surface area contributed by atoms with Gasteiger partial charge in [0.25, 0.3) is 0 Å². The van der Waals surface area contributed by atoms with Crippen molar-refractivity contribution in [1.82, 2.24) is 5.32 Å². The maximum atomic E-state index is 12.0. The van der Waals surface area contributed by atoms with Crippen LogP contribution in [0.3, 0.4) is 0 Å². The molecule has 0 spiro atoms. The lowest BCUT2D eigenvalue weighted by molar-refractivity contribution is 0.437. The first-order valence-corrected chi connectivity index (χ1v) is 8.07. The summed E-state index contributed by atoms with van der Waals surface area (Å²) >= 11 is 5.74. The topological polar surface area (TPSA) is 46.2 Å². The maximum absolute atomic E-state index is 12.0. The summed E-state index contributed by atoms with van der Waals surface area (Å²) in [6, 6.07) is 6.59. The minimum absolute atomic E-state index is 0.103. The van der Waals surface area contributed by atoms with E-state index in [1.165, 1.54) is 0 Å². The summed E-state index contributed by atoms with van der Waals surface area (Å²) in [4.78, 5) is 0.325. The van der Waals surface area contributed by atoms with Crippen molar-refractivity contribution in [3.05, 3.63) is 29.3 Å². The van der Waals surface area contributed by atoms with Gasteiger partial charge in [-0.15, -0.1) is 0 Å². The number of halogens is 1. The van der Waals surface area contributed by atoms with Crippen molar-refractivity contribution in [2.75, 3.05) is 12.3 Å². The summed E-state index contributed by atoms with van der Waals surface area (Å²) < 4.78 is 24.0. The van der Waals surface area contributed by atoms with Crippen molar-refractivity contribution in [3.8, 4) is 0 Å². The molecule has 18 heavy (non-hydrogen) atoms. The van der Waals surface area contributed by atoms with Crippen molar-refractivity contribution in [2.45, 2.75) is 31.7 Å². The molecule has 0 fully saturated rings. The highest BCUT2D eigenvalue weighted by atomic mass is 35.5. The van der Waals surface area contributed by atoms with Gasteiger partial charge < -0.3 is 5.32 Å². The van der Waals surface area contributed by atoms with E-state index in [1.807, 2.05) is 0 Å². The molecule has 1 unspecified atom stereocenters. The molecule has 0 bridgehead atoms. The number of hydrogen-bond donors (Lipinski definition) is 1. The average molecular weight is 290 g/mol. The zero-order chi connectivity index (χ0) is 13.8. The highest BCUT2D eigenvalue weighted by Gasteiger charge is 2.15. The lowest BCUT2D eigenvalue weighted by Crippen LogP contribution is -2.34. The second kappa shape index (κ2) is 6.55. The quantitative estimate of drug-likeness (QED) is 0.876. The number of sulfone groups is 1. The van der Waals surface area contributed by atoms with Crippen molar-refractivity contribution in [1.29, 1.82) is 0 Å². The van der Waals surface area contributed by atoms with E-state index in [9.17, 15) is 8.42 Å². The summed E-state index contributed by atoms with van der Waals surface area (Å²) in [5, 5.41) is 3.76. The molecule has 0 amide bonds. The Bertz CT molecular complexity index is 468. The van der Waals surface area contributed by atoms with Gasteiger partial charge in [0.1, 0.15) is 0 Å². The number of nitrogens with one attached hydrogen (secondary N) is 1. The fourth-order valence-electron chi connectivity index (χ4n) is 1.42. The van der Waals surface area contributed by atoms with E-state index in [1.54, 1.807) is 24.3 Å². The minimum Gasteiger partial charge on any atom is -0.313 e. The lowest BCUT2D eigenvalue weighted by Gasteiger charge is -2.17. The molecule has 0 aliphatic rings. The molecule has 0 saturated heterocycles. The van der Waals surface area contributed by atoms with Crippen LogP contribution in [0.4, 0.5) is 0 Å². The van der Waals surface area contributed by atoms with Crippen molar-refractivity contribution in [3.63, 3.8) is 0 Å². The third-order valence-corrected chi connectivity index (χ3v) is 4.99. The Labute approximate surface area is 114 Å². The second-order valence-electron chi connectivity index (χ2n) is 4.76. The molecule has 0 saturated carbocycles. The molecule has 3 nitrogen and oxygen atoms in total. The zero-order valence-electron chi connectivity index (χ0n) is 11.0. The van der Waals surface area contributed by atoms with Crippen LogP contribution in [0.1, 0.15) is 20.8 Å². The Morgan fingerprint density at radius 3 is 2.22 bits per heavy atom. The van der Waals surface area contributed by atoms with Crippen molar-refractivity contribution >= 4 is 21.4 Å². The van der Waals surface area contributed by atoms with E-state index in [4.69, 9.17) is 11.6 Å². The number of benzene rings is 1. The first-order valence-electron chi connectivity index (χ1n) is 6.04. The van der Waals surface area contributed by atoms with Crippen molar-refractivity contribution in [2.24, 2.45) is 5.92 Å². The van der Waals surface area contributed by atoms with E-state index in [-0.39, 0.29) is 5.75 Å². The molecular formula is C13H20ClNO2S. The van der Waals surface area contributed by atoms with E-state index in [2.05, 4.69) is 26.1 Å². The first kappa shape index (κ1) is 15.5. The van der Waals surface area contributed by atoms with Gasteiger partial charge in [-0.2, -0.15) is 0 Å². The smallest absolute Gasteiger partial charge is 0.179 e. The molecule has 0 aromatic heterocycles. The molecule has 0 heterocycles. The Morgan fingerprint density at radius 2 is 1.72 bits per heavy atom. The fourth-order valence-corrected chi connectivity index (χ4v) is 2.72. The predicted molar refractivity (Wildman–Crippen MR) is 75.8 cm³/mol. The molecule has 0 aliphatic heterocycles. The van der Waals surface area contributed by atoms with E-state index in [0.29, 0.717) is 28.4 Å². The van der Waals surface area contributed by atoms with E-state index < -0.39 is 9.84 Å². The van der Waals surface area contributed by atoms with Crippen LogP contribution in [0.25, 0.3) is 0 Å². The molecular weight excluding hydrogens is 270 g/mol. The summed E-state index contributed by atoms with van der Waals surface area (Å²) in [7, 11) is -3.22. The molecule has 102 valence electrons. The number of rotatable bonds is 6. The van der Waals surface area contributed by atoms with Gasteiger partial charge in [0.05, 0.1) is 10.6 Å². The molecule has 1 rings (SSSR count). The standard InChI is InChI=1S/C13H20ClNO2S/c1-10(2)11(3)15-8-9-18(16,17)13-6-4-12(14)5-7-13/h4-7,10-11,15H,8-9H2,1-3H3. The summed E-state index contributed by atoms with van der Waals surface area (Å²) in [6.45, 7) is 6.72.